The van der Waals surface area contributed by atoms with Crippen LogP contribution < -0.4 is 10.2 Å². The molecule has 1 saturated heterocycles. The van der Waals surface area contributed by atoms with Crippen LogP contribution in [0.15, 0.2) is 30.3 Å². The SMILES string of the molecule is Cc1nc(C(=O)NCCc2ccc(Cl)cc2)cc(N2CCCCC2)n1. The molecule has 2 heterocycles. The molecule has 3 rings (SSSR count). The molecule has 1 amide bonds. The van der Waals surface area contributed by atoms with E-state index < -0.39 is 0 Å². The number of piperidine rings is 1. The number of anilines is 1. The monoisotopic (exact) mass is 358 g/mol. The van der Waals surface area contributed by atoms with E-state index in [4.69, 9.17) is 11.6 Å². The topological polar surface area (TPSA) is 58.1 Å². The third kappa shape index (κ3) is 4.92. The molecule has 6 heteroatoms. The predicted molar refractivity (Wildman–Crippen MR) is 100 cm³/mol. The highest BCUT2D eigenvalue weighted by Gasteiger charge is 2.16. The second-order valence-electron chi connectivity index (χ2n) is 6.34. The molecule has 1 fully saturated rings. The van der Waals surface area contributed by atoms with Crippen LogP contribution in [0, 0.1) is 6.92 Å². The smallest absolute Gasteiger partial charge is 0.270 e. The number of hydrogen-bond donors (Lipinski definition) is 1. The van der Waals surface area contributed by atoms with Gasteiger partial charge in [-0.1, -0.05) is 23.7 Å². The fourth-order valence-electron chi connectivity index (χ4n) is 3.02. The van der Waals surface area contributed by atoms with Gasteiger partial charge >= 0.3 is 0 Å². The van der Waals surface area contributed by atoms with Crippen LogP contribution in [0.4, 0.5) is 5.82 Å². The number of nitrogens with one attached hydrogen (secondary N) is 1. The molecule has 0 saturated carbocycles. The van der Waals surface area contributed by atoms with E-state index in [1.54, 1.807) is 6.07 Å². The Labute approximate surface area is 153 Å². The first-order valence-corrected chi connectivity index (χ1v) is 9.13. The Bertz CT molecular complexity index is 727. The molecule has 2 aromatic rings. The number of halogens is 1. The Morgan fingerprint density at radius 1 is 1.16 bits per heavy atom. The summed E-state index contributed by atoms with van der Waals surface area (Å²) in [4.78, 5) is 23.5. The minimum Gasteiger partial charge on any atom is -0.356 e. The molecule has 1 aliphatic rings. The van der Waals surface area contributed by atoms with Gasteiger partial charge in [0.2, 0.25) is 0 Å². The number of nitrogens with zero attached hydrogens (tertiary/aromatic N) is 3. The fourth-order valence-corrected chi connectivity index (χ4v) is 3.14. The van der Waals surface area contributed by atoms with E-state index in [0.29, 0.717) is 18.1 Å². The van der Waals surface area contributed by atoms with Gasteiger partial charge in [0.15, 0.2) is 0 Å². The standard InChI is InChI=1S/C19H23ClN4O/c1-14-22-17(13-18(23-14)24-11-3-2-4-12-24)19(25)21-10-9-15-5-7-16(20)8-6-15/h5-8,13H,2-4,9-12H2,1H3,(H,21,25). The summed E-state index contributed by atoms with van der Waals surface area (Å²) in [5, 5.41) is 3.66. The molecule has 0 radical (unpaired) electrons. The van der Waals surface area contributed by atoms with Crippen molar-refractivity contribution in [3.05, 3.63) is 52.4 Å². The van der Waals surface area contributed by atoms with Crippen molar-refractivity contribution in [1.82, 2.24) is 15.3 Å². The fraction of sp³-hybridized carbons (Fsp3) is 0.421. The van der Waals surface area contributed by atoms with Gasteiger partial charge in [-0.15, -0.1) is 0 Å². The average Bonchev–Trinajstić information content (AvgIpc) is 2.63. The summed E-state index contributed by atoms with van der Waals surface area (Å²) in [7, 11) is 0. The van der Waals surface area contributed by atoms with Crippen molar-refractivity contribution in [1.29, 1.82) is 0 Å². The Hall–Kier alpha value is -2.14. The maximum atomic E-state index is 12.4. The lowest BCUT2D eigenvalue weighted by atomic mass is 10.1. The summed E-state index contributed by atoms with van der Waals surface area (Å²) >= 11 is 5.88. The van der Waals surface area contributed by atoms with E-state index in [9.17, 15) is 4.79 Å². The second-order valence-corrected chi connectivity index (χ2v) is 6.78. The van der Waals surface area contributed by atoms with Crippen LogP contribution in [0.3, 0.4) is 0 Å². The van der Waals surface area contributed by atoms with Gasteiger partial charge in [-0.05, 0) is 50.3 Å². The van der Waals surface area contributed by atoms with Crippen LogP contribution in [0.1, 0.15) is 41.1 Å². The van der Waals surface area contributed by atoms with E-state index >= 15 is 0 Å². The van der Waals surface area contributed by atoms with Crippen LogP contribution in [-0.2, 0) is 6.42 Å². The summed E-state index contributed by atoms with van der Waals surface area (Å²) in [6.45, 7) is 4.38. The first kappa shape index (κ1) is 17.7. The zero-order valence-electron chi connectivity index (χ0n) is 14.5. The number of aryl methyl sites for hydroxylation is 1. The molecule has 1 N–H and O–H groups in total. The molecule has 1 aliphatic heterocycles. The summed E-state index contributed by atoms with van der Waals surface area (Å²) in [5.41, 5.74) is 1.57. The van der Waals surface area contributed by atoms with Crippen LogP contribution in [-0.4, -0.2) is 35.5 Å². The molecule has 1 aromatic heterocycles. The molecule has 132 valence electrons. The molecule has 0 unspecified atom stereocenters. The van der Waals surface area contributed by atoms with Gasteiger partial charge in [0.25, 0.3) is 5.91 Å². The highest BCUT2D eigenvalue weighted by molar-refractivity contribution is 6.30. The molecule has 0 spiro atoms. The molecule has 5 nitrogen and oxygen atoms in total. The van der Waals surface area contributed by atoms with Gasteiger partial charge in [0.05, 0.1) is 0 Å². The van der Waals surface area contributed by atoms with E-state index in [1.165, 1.54) is 19.3 Å². The summed E-state index contributed by atoms with van der Waals surface area (Å²) in [5.74, 6) is 1.33. The van der Waals surface area contributed by atoms with Gasteiger partial charge in [0, 0.05) is 30.7 Å². The van der Waals surface area contributed by atoms with Crippen molar-refractivity contribution in [2.24, 2.45) is 0 Å². The zero-order valence-corrected chi connectivity index (χ0v) is 15.2. The van der Waals surface area contributed by atoms with Crippen molar-refractivity contribution >= 4 is 23.3 Å². The minimum atomic E-state index is -0.155. The predicted octanol–water partition coefficient (Wildman–Crippen LogP) is 3.40. The van der Waals surface area contributed by atoms with Gasteiger partial charge in [-0.2, -0.15) is 0 Å². The number of hydrogen-bond acceptors (Lipinski definition) is 4. The first-order valence-electron chi connectivity index (χ1n) is 8.75. The quantitative estimate of drug-likeness (QED) is 0.889. The Morgan fingerprint density at radius 2 is 1.88 bits per heavy atom. The normalized spacial score (nSPS) is 14.4. The first-order chi connectivity index (χ1) is 12.1. The highest BCUT2D eigenvalue weighted by atomic mass is 35.5. The lowest BCUT2D eigenvalue weighted by Gasteiger charge is -2.28. The zero-order chi connectivity index (χ0) is 17.6. The van der Waals surface area contributed by atoms with E-state index in [-0.39, 0.29) is 5.91 Å². The van der Waals surface area contributed by atoms with Crippen molar-refractivity contribution < 1.29 is 4.79 Å². The van der Waals surface area contributed by atoms with Gasteiger partial charge < -0.3 is 10.2 Å². The molecule has 1 aromatic carbocycles. The van der Waals surface area contributed by atoms with E-state index in [2.05, 4.69) is 20.2 Å². The van der Waals surface area contributed by atoms with Crippen LogP contribution >= 0.6 is 11.6 Å². The number of benzene rings is 1. The Morgan fingerprint density at radius 3 is 2.60 bits per heavy atom. The van der Waals surface area contributed by atoms with Gasteiger partial charge in [-0.3, -0.25) is 4.79 Å². The molecule has 0 bridgehead atoms. The number of carbonyl (C=O) groups is 1. The number of aromatic nitrogens is 2. The van der Waals surface area contributed by atoms with Crippen molar-refractivity contribution in [3.63, 3.8) is 0 Å². The van der Waals surface area contributed by atoms with E-state index in [0.717, 1.165) is 35.9 Å². The molecule has 0 aliphatic carbocycles. The van der Waals surface area contributed by atoms with Crippen molar-refractivity contribution in [2.75, 3.05) is 24.5 Å². The van der Waals surface area contributed by atoms with E-state index in [1.807, 2.05) is 31.2 Å². The lowest BCUT2D eigenvalue weighted by Crippen LogP contribution is -2.32. The Balaban J connectivity index is 1.61. The molecular weight excluding hydrogens is 336 g/mol. The second kappa shape index (κ2) is 8.30. The maximum absolute atomic E-state index is 12.4. The maximum Gasteiger partial charge on any atom is 0.270 e. The largest absolute Gasteiger partial charge is 0.356 e. The third-order valence-electron chi connectivity index (χ3n) is 4.35. The van der Waals surface area contributed by atoms with Crippen LogP contribution in [0.5, 0.6) is 0 Å². The average molecular weight is 359 g/mol. The van der Waals surface area contributed by atoms with Crippen molar-refractivity contribution in [3.8, 4) is 0 Å². The summed E-state index contributed by atoms with van der Waals surface area (Å²) < 4.78 is 0. The Kier molecular flexibility index (Phi) is 5.87. The van der Waals surface area contributed by atoms with Crippen LogP contribution in [0.25, 0.3) is 0 Å². The van der Waals surface area contributed by atoms with Crippen molar-refractivity contribution in [2.45, 2.75) is 32.6 Å². The minimum absolute atomic E-state index is 0.155. The van der Waals surface area contributed by atoms with Gasteiger partial charge in [-0.25, -0.2) is 9.97 Å². The lowest BCUT2D eigenvalue weighted by molar-refractivity contribution is 0.0948. The molecule has 0 atom stereocenters. The van der Waals surface area contributed by atoms with Gasteiger partial charge in [0.1, 0.15) is 17.3 Å². The molecular formula is C19H23ClN4O. The highest BCUT2D eigenvalue weighted by Crippen LogP contribution is 2.18. The summed E-state index contributed by atoms with van der Waals surface area (Å²) in [6, 6.07) is 9.46. The third-order valence-corrected chi connectivity index (χ3v) is 4.60. The van der Waals surface area contributed by atoms with Crippen LogP contribution in [0.2, 0.25) is 5.02 Å². The number of rotatable bonds is 5. The summed E-state index contributed by atoms with van der Waals surface area (Å²) in [6.07, 6.45) is 4.36. The number of carbonyl (C=O) groups excluding carboxylic acids is 1. The molecule has 25 heavy (non-hydrogen) atoms. The number of amides is 1.